The Labute approximate surface area is 557 Å². The van der Waals surface area contributed by atoms with Gasteiger partial charge in [-0.2, -0.15) is 0 Å². The van der Waals surface area contributed by atoms with Crippen LogP contribution in [0.1, 0.15) is 335 Å². The summed E-state index contributed by atoms with van der Waals surface area (Å²) in [5.74, 6) is -0.629. The van der Waals surface area contributed by atoms with Crippen LogP contribution in [0.3, 0.4) is 0 Å². The van der Waals surface area contributed by atoms with Crippen molar-refractivity contribution in [3.63, 3.8) is 0 Å². The number of ether oxygens (including phenoxy) is 2. The molecule has 5 nitrogen and oxygen atoms in total. The lowest BCUT2D eigenvalue weighted by atomic mass is 10.0. The first-order chi connectivity index (χ1) is 44.6. The maximum Gasteiger partial charge on any atom is 0.306 e. The van der Waals surface area contributed by atoms with Gasteiger partial charge in [0.2, 0.25) is 0 Å². The molecular formula is C85H140O5. The third-order valence-electron chi connectivity index (χ3n) is 16.0. The molecule has 510 valence electrons. The minimum Gasteiger partial charge on any atom is -0.462 e. The van der Waals surface area contributed by atoms with Crippen molar-refractivity contribution in [1.82, 2.24) is 0 Å². The van der Waals surface area contributed by atoms with Gasteiger partial charge in [-0.1, -0.05) is 357 Å². The third kappa shape index (κ3) is 75.7. The third-order valence-corrected chi connectivity index (χ3v) is 16.0. The average molecular weight is 1240 g/mol. The molecule has 1 unspecified atom stereocenters. The molecule has 5 heteroatoms. The van der Waals surface area contributed by atoms with E-state index in [1.165, 1.54) is 180 Å². The SMILES string of the molecule is CC/C=C\C/C=C\C/C=C\C/C=C\C/C=C\C/C=C\C/C=C\C/C=C\C/C=C\C/C=C\C/C=C\CCCCCC(=O)OC(CO)COC(=O)CCCCCCCCCCCCCCCCCCCCCCCCCC/C=C\C/C=C\C/C=C\CCCCCCC. The predicted molar refractivity (Wildman–Crippen MR) is 398 cm³/mol. The lowest BCUT2D eigenvalue weighted by Crippen LogP contribution is -2.28. The van der Waals surface area contributed by atoms with E-state index in [4.69, 9.17) is 9.47 Å². The van der Waals surface area contributed by atoms with Crippen LogP contribution in [0, 0.1) is 0 Å². The van der Waals surface area contributed by atoms with Gasteiger partial charge in [0.05, 0.1) is 6.61 Å². The van der Waals surface area contributed by atoms with E-state index in [9.17, 15) is 14.7 Å². The van der Waals surface area contributed by atoms with E-state index in [0.717, 1.165) is 128 Å². The largest absolute Gasteiger partial charge is 0.462 e. The number of carbonyl (C=O) groups is 2. The van der Waals surface area contributed by atoms with Crippen molar-refractivity contribution < 1.29 is 24.2 Å². The predicted octanol–water partition coefficient (Wildman–Crippen LogP) is 26.8. The molecule has 0 saturated heterocycles. The van der Waals surface area contributed by atoms with Crippen LogP contribution in [0.15, 0.2) is 170 Å². The quantitative estimate of drug-likeness (QED) is 0.0373. The van der Waals surface area contributed by atoms with E-state index in [1.807, 2.05) is 0 Å². The van der Waals surface area contributed by atoms with Gasteiger partial charge < -0.3 is 14.6 Å². The summed E-state index contributed by atoms with van der Waals surface area (Å²) < 4.78 is 10.7. The molecule has 0 bridgehead atoms. The number of hydrogen-bond acceptors (Lipinski definition) is 5. The molecule has 0 aliphatic heterocycles. The Kier molecular flexibility index (Phi) is 74.4. The van der Waals surface area contributed by atoms with Gasteiger partial charge in [0.25, 0.3) is 0 Å². The fraction of sp³-hybridized carbons (Fsp3) is 0.647. The second-order valence-corrected chi connectivity index (χ2v) is 24.6. The summed E-state index contributed by atoms with van der Waals surface area (Å²) in [6.07, 6.45) is 121. The lowest BCUT2D eigenvalue weighted by molar-refractivity contribution is -0.161. The Hall–Kier alpha value is -4.74. The molecule has 0 aliphatic carbocycles. The Bertz CT molecular complexity index is 1940. The first-order valence-electron chi connectivity index (χ1n) is 37.7. The van der Waals surface area contributed by atoms with Crippen LogP contribution in [0.4, 0.5) is 0 Å². The number of rotatable bonds is 68. The first kappa shape index (κ1) is 85.3. The molecule has 1 atom stereocenters. The van der Waals surface area contributed by atoms with Crippen molar-refractivity contribution in [1.29, 1.82) is 0 Å². The van der Waals surface area contributed by atoms with Gasteiger partial charge in [-0.05, 0) is 135 Å². The second-order valence-electron chi connectivity index (χ2n) is 24.6. The molecule has 0 rings (SSSR count). The van der Waals surface area contributed by atoms with Crippen molar-refractivity contribution in [2.24, 2.45) is 0 Å². The summed E-state index contributed by atoms with van der Waals surface area (Å²) in [5.41, 5.74) is 0. The van der Waals surface area contributed by atoms with Crippen LogP contribution in [0.5, 0.6) is 0 Å². The van der Waals surface area contributed by atoms with Crippen LogP contribution < -0.4 is 0 Å². The molecule has 0 aromatic carbocycles. The molecule has 0 aromatic heterocycles. The Morgan fingerprint density at radius 1 is 0.267 bits per heavy atom. The maximum absolute atomic E-state index is 12.4. The lowest BCUT2D eigenvalue weighted by Gasteiger charge is -2.15. The van der Waals surface area contributed by atoms with Crippen molar-refractivity contribution in [3.8, 4) is 0 Å². The normalized spacial score (nSPS) is 13.2. The molecule has 0 fully saturated rings. The van der Waals surface area contributed by atoms with Crippen LogP contribution in [-0.4, -0.2) is 36.4 Å². The summed E-state index contributed by atoms with van der Waals surface area (Å²) in [4.78, 5) is 24.7. The van der Waals surface area contributed by atoms with E-state index in [-0.39, 0.29) is 25.2 Å². The Morgan fingerprint density at radius 2 is 0.478 bits per heavy atom. The molecule has 0 aliphatic rings. The summed E-state index contributed by atoms with van der Waals surface area (Å²) >= 11 is 0. The highest BCUT2D eigenvalue weighted by Gasteiger charge is 2.16. The summed E-state index contributed by atoms with van der Waals surface area (Å²) in [5, 5.41) is 9.71. The van der Waals surface area contributed by atoms with Crippen LogP contribution in [-0.2, 0) is 19.1 Å². The van der Waals surface area contributed by atoms with E-state index >= 15 is 0 Å². The van der Waals surface area contributed by atoms with Crippen LogP contribution in [0.25, 0.3) is 0 Å². The van der Waals surface area contributed by atoms with E-state index in [0.29, 0.717) is 12.8 Å². The number of hydrogen-bond donors (Lipinski definition) is 1. The molecule has 0 amide bonds. The standard InChI is InChI=1S/C85H140O5/c1-3-5-7-9-11-13-15-17-19-21-23-25-27-29-31-33-35-37-39-41-42-44-45-47-49-51-53-55-57-59-61-63-65-67-69-71-73-75-77-79-84(87)89-82-83(81-86)90-85(88)80-78-76-74-72-70-68-66-64-62-60-58-56-54-52-50-48-46-43-40-38-36-34-32-30-28-26-24-22-20-18-16-14-12-10-8-6-4-2/h6,8,12,14-15,17-18,20-21,23-24,26-27,29-30,32,36,38,43,46,50,52,56,58,62,64,68,70,83,86H,3-5,7,9-11,13,16,19,22,25,28,31,33-35,37,39-42,44-45,47-49,51,53-55,57,59-61,63,65-67,69,71-82H2,1-2H3/b8-6-,14-12-,17-15-,20-18-,23-21-,26-24-,29-27-,32-30-,38-36-,46-43-,52-50-,58-56-,64-62-,70-68-. The first-order valence-corrected chi connectivity index (χ1v) is 37.7. The monoisotopic (exact) mass is 1240 g/mol. The van der Waals surface area contributed by atoms with Gasteiger partial charge in [-0.15, -0.1) is 0 Å². The van der Waals surface area contributed by atoms with Gasteiger partial charge in [0.15, 0.2) is 6.10 Å². The molecule has 0 radical (unpaired) electrons. The molecular weight excluding hydrogens is 1100 g/mol. The molecule has 1 N–H and O–H groups in total. The topological polar surface area (TPSA) is 72.8 Å². The zero-order chi connectivity index (χ0) is 64.7. The van der Waals surface area contributed by atoms with E-state index in [1.54, 1.807) is 0 Å². The van der Waals surface area contributed by atoms with Gasteiger partial charge in [-0.3, -0.25) is 9.59 Å². The highest BCUT2D eigenvalue weighted by atomic mass is 16.6. The molecule has 90 heavy (non-hydrogen) atoms. The highest BCUT2D eigenvalue weighted by Crippen LogP contribution is 2.17. The zero-order valence-corrected chi connectivity index (χ0v) is 58.6. The smallest absolute Gasteiger partial charge is 0.306 e. The molecule has 0 aromatic rings. The minimum atomic E-state index is -0.803. The number of carbonyl (C=O) groups excluding carboxylic acids is 2. The van der Waals surface area contributed by atoms with Crippen LogP contribution >= 0.6 is 0 Å². The minimum absolute atomic E-state index is 0.0866. The van der Waals surface area contributed by atoms with Gasteiger partial charge >= 0.3 is 11.9 Å². The van der Waals surface area contributed by atoms with Crippen molar-refractivity contribution >= 4 is 11.9 Å². The number of aliphatic hydroxyl groups is 1. The summed E-state index contributed by atoms with van der Waals surface area (Å²) in [7, 11) is 0. The fourth-order valence-corrected chi connectivity index (χ4v) is 10.4. The van der Waals surface area contributed by atoms with E-state index < -0.39 is 6.10 Å². The Morgan fingerprint density at radius 3 is 0.733 bits per heavy atom. The summed E-state index contributed by atoms with van der Waals surface area (Å²) in [6.45, 7) is 4.00. The molecule has 0 heterocycles. The second kappa shape index (κ2) is 78.5. The highest BCUT2D eigenvalue weighted by molar-refractivity contribution is 5.70. The van der Waals surface area contributed by atoms with Gasteiger partial charge in [-0.25, -0.2) is 0 Å². The number of esters is 2. The number of aliphatic hydroxyl groups excluding tert-OH is 1. The van der Waals surface area contributed by atoms with E-state index in [2.05, 4.69) is 184 Å². The van der Waals surface area contributed by atoms with Crippen molar-refractivity contribution in [2.75, 3.05) is 13.2 Å². The van der Waals surface area contributed by atoms with Crippen molar-refractivity contribution in [2.45, 2.75) is 341 Å². The maximum atomic E-state index is 12.4. The average Bonchev–Trinajstić information content (AvgIpc) is 3.62. The fourth-order valence-electron chi connectivity index (χ4n) is 10.4. The Balaban J connectivity index is 3.55. The number of allylic oxidation sites excluding steroid dienone is 28. The van der Waals surface area contributed by atoms with Gasteiger partial charge in [0.1, 0.15) is 6.61 Å². The van der Waals surface area contributed by atoms with Gasteiger partial charge in [0, 0.05) is 12.8 Å². The molecule has 0 spiro atoms. The molecule has 0 saturated carbocycles. The van der Waals surface area contributed by atoms with Crippen LogP contribution in [0.2, 0.25) is 0 Å². The number of unbranched alkanes of at least 4 members (excludes halogenated alkanes) is 32. The van der Waals surface area contributed by atoms with Crippen molar-refractivity contribution in [3.05, 3.63) is 170 Å². The zero-order valence-electron chi connectivity index (χ0n) is 58.6. The summed E-state index contributed by atoms with van der Waals surface area (Å²) in [6, 6.07) is 0.